The second kappa shape index (κ2) is 3.82. The molecule has 1 N–H and O–H groups in total. The van der Waals surface area contributed by atoms with Crippen molar-refractivity contribution in [3.8, 4) is 12.3 Å². The van der Waals surface area contributed by atoms with Crippen molar-refractivity contribution in [1.29, 1.82) is 0 Å². The maximum Gasteiger partial charge on any atom is 0.141 e. The highest BCUT2D eigenvalue weighted by Crippen LogP contribution is 2.25. The average Bonchev–Trinajstić information content (AvgIpc) is 2.03. The van der Waals surface area contributed by atoms with Crippen LogP contribution < -0.4 is 0 Å². The van der Waals surface area contributed by atoms with Gasteiger partial charge in [-0.25, -0.2) is 0 Å². The smallest absolute Gasteiger partial charge is 0.141 e. The molecule has 1 nitrogen and oxygen atoms in total. The van der Waals surface area contributed by atoms with Gasteiger partial charge in [-0.1, -0.05) is 35.2 Å². The minimum absolute atomic E-state index is 0.382. The van der Waals surface area contributed by atoms with Crippen LogP contribution in [0.5, 0.6) is 0 Å². The van der Waals surface area contributed by atoms with Gasteiger partial charge < -0.3 is 5.11 Å². The molecular weight excluding hydrogens is 195 g/mol. The van der Waals surface area contributed by atoms with E-state index in [1.54, 1.807) is 18.2 Å². The normalized spacial score (nSPS) is 12.2. The fraction of sp³-hybridized carbons (Fsp3) is 0.111. The van der Waals surface area contributed by atoms with Crippen LogP contribution in [0.2, 0.25) is 10.0 Å². The van der Waals surface area contributed by atoms with Gasteiger partial charge in [0.1, 0.15) is 6.10 Å². The summed E-state index contributed by atoms with van der Waals surface area (Å²) in [4.78, 5) is 0. The Kier molecular flexibility index (Phi) is 2.99. The maximum absolute atomic E-state index is 9.24. The molecule has 0 saturated carbocycles. The summed E-state index contributed by atoms with van der Waals surface area (Å²) in [6.07, 6.45) is 4.06. The second-order valence-corrected chi connectivity index (χ2v) is 3.08. The van der Waals surface area contributed by atoms with Gasteiger partial charge in [-0.3, -0.25) is 0 Å². The molecule has 1 aromatic rings. The highest BCUT2D eigenvalue weighted by atomic mass is 35.5. The van der Waals surface area contributed by atoms with E-state index in [1.807, 2.05) is 0 Å². The Morgan fingerprint density at radius 1 is 1.42 bits per heavy atom. The van der Waals surface area contributed by atoms with Gasteiger partial charge in [0.05, 0.1) is 0 Å². The van der Waals surface area contributed by atoms with E-state index in [4.69, 9.17) is 29.6 Å². The number of rotatable bonds is 1. The summed E-state index contributed by atoms with van der Waals surface area (Å²) in [5.74, 6) is 2.17. The Morgan fingerprint density at radius 2 is 2.08 bits per heavy atom. The molecule has 0 aliphatic heterocycles. The van der Waals surface area contributed by atoms with Gasteiger partial charge in [0, 0.05) is 15.6 Å². The van der Waals surface area contributed by atoms with Gasteiger partial charge in [-0.15, -0.1) is 6.42 Å². The largest absolute Gasteiger partial charge is 0.376 e. The first-order chi connectivity index (χ1) is 5.65. The van der Waals surface area contributed by atoms with Crippen LogP contribution >= 0.6 is 23.2 Å². The summed E-state index contributed by atoms with van der Waals surface area (Å²) in [5.41, 5.74) is 0.503. The van der Waals surface area contributed by atoms with E-state index in [0.717, 1.165) is 0 Å². The van der Waals surface area contributed by atoms with Crippen molar-refractivity contribution >= 4 is 23.2 Å². The summed E-state index contributed by atoms with van der Waals surface area (Å²) >= 11 is 11.4. The van der Waals surface area contributed by atoms with Gasteiger partial charge in [0.2, 0.25) is 0 Å². The number of halogens is 2. The summed E-state index contributed by atoms with van der Waals surface area (Å²) in [6.45, 7) is 0. The lowest BCUT2D eigenvalue weighted by Crippen LogP contribution is -1.93. The Bertz CT molecular complexity index is 328. The lowest BCUT2D eigenvalue weighted by atomic mass is 10.1. The van der Waals surface area contributed by atoms with Crippen LogP contribution in [0.15, 0.2) is 18.2 Å². The lowest BCUT2D eigenvalue weighted by molar-refractivity contribution is 0.238. The molecule has 1 aromatic carbocycles. The third-order valence-corrected chi connectivity index (χ3v) is 1.98. The first-order valence-corrected chi connectivity index (χ1v) is 4.00. The van der Waals surface area contributed by atoms with Crippen molar-refractivity contribution < 1.29 is 5.11 Å². The topological polar surface area (TPSA) is 20.2 Å². The Balaban J connectivity index is 3.11. The van der Waals surface area contributed by atoms with Gasteiger partial charge in [-0.05, 0) is 12.1 Å². The minimum Gasteiger partial charge on any atom is -0.376 e. The number of aliphatic hydroxyl groups excluding tert-OH is 1. The molecule has 0 unspecified atom stereocenters. The molecule has 1 rings (SSSR count). The van der Waals surface area contributed by atoms with E-state index in [1.165, 1.54) is 0 Å². The molecule has 12 heavy (non-hydrogen) atoms. The van der Waals surface area contributed by atoms with E-state index in [0.29, 0.717) is 15.6 Å². The van der Waals surface area contributed by atoms with Gasteiger partial charge in [-0.2, -0.15) is 0 Å². The van der Waals surface area contributed by atoms with Crippen molar-refractivity contribution in [1.82, 2.24) is 0 Å². The molecule has 0 bridgehead atoms. The number of hydrogen-bond acceptors (Lipinski definition) is 1. The summed E-state index contributed by atoms with van der Waals surface area (Å²) in [7, 11) is 0. The standard InChI is InChI=1S/C9H6Cl2O/c1-2-9(12)7-4-3-6(10)5-8(7)11/h1,3-5,9,12H/t9-/m0/s1. The van der Waals surface area contributed by atoms with Crippen LogP contribution in [-0.2, 0) is 0 Å². The van der Waals surface area contributed by atoms with E-state index in [-0.39, 0.29) is 0 Å². The summed E-state index contributed by atoms with van der Waals surface area (Å²) in [6, 6.07) is 4.78. The average molecular weight is 201 g/mol. The van der Waals surface area contributed by atoms with Crippen LogP contribution in [0.1, 0.15) is 11.7 Å². The SMILES string of the molecule is C#C[C@H](O)c1ccc(Cl)cc1Cl. The fourth-order valence-electron chi connectivity index (χ4n) is 0.813. The van der Waals surface area contributed by atoms with E-state index in [9.17, 15) is 5.11 Å². The molecule has 0 heterocycles. The lowest BCUT2D eigenvalue weighted by Gasteiger charge is -2.05. The molecule has 0 aliphatic carbocycles. The highest BCUT2D eigenvalue weighted by Gasteiger charge is 2.07. The zero-order chi connectivity index (χ0) is 9.14. The highest BCUT2D eigenvalue weighted by molar-refractivity contribution is 6.35. The van der Waals surface area contributed by atoms with E-state index < -0.39 is 6.10 Å². The molecule has 0 amide bonds. The minimum atomic E-state index is -0.963. The van der Waals surface area contributed by atoms with Crippen LogP contribution in [0.25, 0.3) is 0 Å². The van der Waals surface area contributed by atoms with Gasteiger partial charge in [0.25, 0.3) is 0 Å². The van der Waals surface area contributed by atoms with Crippen molar-refractivity contribution in [2.45, 2.75) is 6.10 Å². The van der Waals surface area contributed by atoms with Crippen molar-refractivity contribution in [2.24, 2.45) is 0 Å². The number of hydrogen-bond donors (Lipinski definition) is 1. The van der Waals surface area contributed by atoms with E-state index in [2.05, 4.69) is 5.92 Å². The fourth-order valence-corrected chi connectivity index (χ4v) is 1.32. The third-order valence-electron chi connectivity index (χ3n) is 1.41. The Morgan fingerprint density at radius 3 is 2.58 bits per heavy atom. The Labute approximate surface area is 80.9 Å². The van der Waals surface area contributed by atoms with Crippen molar-refractivity contribution in [3.05, 3.63) is 33.8 Å². The predicted octanol–water partition coefficient (Wildman–Crippen LogP) is 2.66. The van der Waals surface area contributed by atoms with Gasteiger partial charge in [0.15, 0.2) is 0 Å². The van der Waals surface area contributed by atoms with Crippen LogP contribution in [0.3, 0.4) is 0 Å². The molecule has 0 spiro atoms. The first kappa shape index (κ1) is 9.41. The second-order valence-electron chi connectivity index (χ2n) is 2.24. The van der Waals surface area contributed by atoms with Crippen molar-refractivity contribution in [2.75, 3.05) is 0 Å². The maximum atomic E-state index is 9.24. The zero-order valence-electron chi connectivity index (χ0n) is 6.09. The molecule has 62 valence electrons. The van der Waals surface area contributed by atoms with Gasteiger partial charge >= 0.3 is 0 Å². The zero-order valence-corrected chi connectivity index (χ0v) is 7.60. The van der Waals surface area contributed by atoms with Crippen LogP contribution in [0, 0.1) is 12.3 Å². The first-order valence-electron chi connectivity index (χ1n) is 3.24. The Hall–Kier alpha value is -0.680. The quantitative estimate of drug-likeness (QED) is 0.692. The monoisotopic (exact) mass is 200 g/mol. The summed E-state index contributed by atoms with van der Waals surface area (Å²) in [5, 5.41) is 10.1. The van der Waals surface area contributed by atoms with Crippen LogP contribution in [-0.4, -0.2) is 5.11 Å². The molecule has 0 saturated heterocycles. The molecule has 0 aliphatic rings. The number of benzene rings is 1. The molecule has 3 heteroatoms. The molecule has 1 atom stereocenters. The number of aliphatic hydroxyl groups is 1. The third kappa shape index (κ3) is 1.92. The number of terminal acetylenes is 1. The van der Waals surface area contributed by atoms with Crippen LogP contribution in [0.4, 0.5) is 0 Å². The van der Waals surface area contributed by atoms with Crippen molar-refractivity contribution in [3.63, 3.8) is 0 Å². The van der Waals surface area contributed by atoms with E-state index >= 15 is 0 Å². The molecule has 0 aromatic heterocycles. The molecule has 0 fully saturated rings. The predicted molar refractivity (Wildman–Crippen MR) is 50.3 cm³/mol. The molecular formula is C9H6Cl2O. The molecule has 0 radical (unpaired) electrons. The summed E-state index contributed by atoms with van der Waals surface area (Å²) < 4.78 is 0.